The molecule has 0 unspecified atom stereocenters. The number of hydrogen-bond donors (Lipinski definition) is 3. The number of aromatic carboxylic acids is 1. The van der Waals surface area contributed by atoms with Crippen LogP contribution in [0.3, 0.4) is 0 Å². The van der Waals surface area contributed by atoms with E-state index in [9.17, 15) is 14.0 Å². The van der Waals surface area contributed by atoms with Gasteiger partial charge in [0.05, 0.1) is 5.56 Å². The average molecular weight is 446 g/mol. The molecule has 1 aliphatic rings. The van der Waals surface area contributed by atoms with E-state index in [1.807, 2.05) is 24.3 Å². The van der Waals surface area contributed by atoms with Gasteiger partial charge in [-0.25, -0.2) is 14.0 Å². The summed E-state index contributed by atoms with van der Waals surface area (Å²) in [5.41, 5.74) is 9.94. The molecule has 0 radical (unpaired) electrons. The minimum absolute atomic E-state index is 0.0139. The van der Waals surface area contributed by atoms with Crippen molar-refractivity contribution >= 4 is 23.8 Å². The molecule has 0 aromatic heterocycles. The Morgan fingerprint density at radius 3 is 2.33 bits per heavy atom. The summed E-state index contributed by atoms with van der Waals surface area (Å²) in [5.74, 6) is -1.85. The summed E-state index contributed by atoms with van der Waals surface area (Å²) in [6, 6.07) is 18.4. The number of nitrogens with two attached hydrogens (primary N) is 1. The first-order valence-electron chi connectivity index (χ1n) is 10.5. The topological polar surface area (TPSA) is 102 Å². The summed E-state index contributed by atoms with van der Waals surface area (Å²) in [7, 11) is 0. The fourth-order valence-corrected chi connectivity index (χ4v) is 4.04. The van der Waals surface area contributed by atoms with Gasteiger partial charge in [0, 0.05) is 23.7 Å². The van der Waals surface area contributed by atoms with E-state index in [1.54, 1.807) is 6.08 Å². The van der Waals surface area contributed by atoms with E-state index in [4.69, 9.17) is 15.6 Å². The highest BCUT2D eigenvalue weighted by Gasteiger charge is 2.28. The van der Waals surface area contributed by atoms with Crippen LogP contribution in [-0.4, -0.2) is 30.3 Å². The maximum Gasteiger partial charge on any atom is 0.407 e. The number of nitrogens with one attached hydrogen (secondary N) is 1. The number of anilines is 1. The summed E-state index contributed by atoms with van der Waals surface area (Å²) < 4.78 is 19.4. The van der Waals surface area contributed by atoms with Crippen LogP contribution in [0, 0.1) is 5.82 Å². The van der Waals surface area contributed by atoms with Crippen molar-refractivity contribution in [1.82, 2.24) is 5.32 Å². The van der Waals surface area contributed by atoms with Crippen LogP contribution in [0.15, 0.2) is 66.7 Å². The Bertz CT molecular complexity index is 1190. The summed E-state index contributed by atoms with van der Waals surface area (Å²) in [6.45, 7) is 0.514. The molecule has 0 atom stereocenters. The standard InChI is InChI=1S/C26H23FN2O4/c27-23-14-24(28)21(25(30)31)13-16(23)7-5-6-12-29-26(32)33-15-22-19-10-3-1-8-17(19)18-9-2-4-11-20(18)22/h1-5,7-11,13-14,22H,6,12,15,28H2,(H,29,32)(H,30,31). The molecule has 0 aliphatic heterocycles. The van der Waals surface area contributed by atoms with E-state index in [2.05, 4.69) is 29.6 Å². The molecule has 1 aliphatic carbocycles. The third kappa shape index (κ3) is 4.72. The molecule has 168 valence electrons. The third-order valence-electron chi connectivity index (χ3n) is 5.62. The molecule has 0 saturated heterocycles. The highest BCUT2D eigenvalue weighted by molar-refractivity contribution is 5.94. The summed E-state index contributed by atoms with van der Waals surface area (Å²) in [6.07, 6.45) is 2.98. The lowest BCUT2D eigenvalue weighted by Crippen LogP contribution is -2.26. The fourth-order valence-electron chi connectivity index (χ4n) is 4.04. The molecular formula is C26H23FN2O4. The summed E-state index contributed by atoms with van der Waals surface area (Å²) >= 11 is 0. The first-order chi connectivity index (χ1) is 16.0. The Balaban J connectivity index is 1.29. The molecule has 0 saturated carbocycles. The number of alkyl carbamates (subject to hydrolysis) is 1. The zero-order valence-corrected chi connectivity index (χ0v) is 17.8. The number of benzene rings is 3. The molecule has 33 heavy (non-hydrogen) atoms. The summed E-state index contributed by atoms with van der Waals surface area (Å²) in [4.78, 5) is 23.3. The normalized spacial score (nSPS) is 12.4. The molecule has 0 spiro atoms. The number of carboxylic acids is 1. The SMILES string of the molecule is Nc1cc(F)c(C=CCCNC(=O)OCC2c3ccccc3-c3ccccc32)cc1C(=O)O. The molecule has 6 nitrogen and oxygen atoms in total. The average Bonchev–Trinajstić information content (AvgIpc) is 3.12. The molecule has 0 fully saturated rings. The predicted molar refractivity (Wildman–Crippen MR) is 124 cm³/mol. The van der Waals surface area contributed by atoms with Gasteiger partial charge in [-0.3, -0.25) is 0 Å². The Kier molecular flexibility index (Phi) is 6.40. The van der Waals surface area contributed by atoms with Crippen LogP contribution in [0.2, 0.25) is 0 Å². The highest BCUT2D eigenvalue weighted by Crippen LogP contribution is 2.44. The van der Waals surface area contributed by atoms with E-state index in [0.717, 1.165) is 28.3 Å². The van der Waals surface area contributed by atoms with Crippen LogP contribution < -0.4 is 11.1 Å². The molecule has 7 heteroatoms. The van der Waals surface area contributed by atoms with Crippen molar-refractivity contribution < 1.29 is 23.8 Å². The Morgan fingerprint density at radius 2 is 1.70 bits per heavy atom. The van der Waals surface area contributed by atoms with Crippen LogP contribution in [0.25, 0.3) is 17.2 Å². The van der Waals surface area contributed by atoms with Gasteiger partial charge in [0.1, 0.15) is 12.4 Å². The molecule has 4 N–H and O–H groups in total. The predicted octanol–water partition coefficient (Wildman–Crippen LogP) is 5.05. The fraction of sp³-hybridized carbons (Fsp3) is 0.154. The Morgan fingerprint density at radius 1 is 1.06 bits per heavy atom. The number of ether oxygens (including phenoxy) is 1. The van der Waals surface area contributed by atoms with E-state index < -0.39 is 17.9 Å². The highest BCUT2D eigenvalue weighted by atomic mass is 19.1. The molecule has 0 bridgehead atoms. The van der Waals surface area contributed by atoms with Crippen molar-refractivity contribution in [2.75, 3.05) is 18.9 Å². The van der Waals surface area contributed by atoms with Gasteiger partial charge in [-0.1, -0.05) is 60.7 Å². The van der Waals surface area contributed by atoms with Gasteiger partial charge in [-0.05, 0) is 40.8 Å². The zero-order chi connectivity index (χ0) is 23.4. The molecule has 3 aromatic carbocycles. The third-order valence-corrected chi connectivity index (χ3v) is 5.62. The number of nitrogen functional groups attached to an aromatic ring is 1. The van der Waals surface area contributed by atoms with Crippen molar-refractivity contribution in [2.24, 2.45) is 0 Å². The van der Waals surface area contributed by atoms with Gasteiger partial charge in [-0.15, -0.1) is 0 Å². The van der Waals surface area contributed by atoms with Gasteiger partial charge < -0.3 is 20.9 Å². The monoisotopic (exact) mass is 446 g/mol. The van der Waals surface area contributed by atoms with Gasteiger partial charge in [0.25, 0.3) is 0 Å². The number of rotatable bonds is 7. The second-order valence-electron chi connectivity index (χ2n) is 7.71. The van der Waals surface area contributed by atoms with Crippen LogP contribution in [-0.2, 0) is 4.74 Å². The minimum atomic E-state index is -1.22. The van der Waals surface area contributed by atoms with E-state index >= 15 is 0 Å². The smallest absolute Gasteiger partial charge is 0.407 e. The number of hydrogen-bond acceptors (Lipinski definition) is 4. The van der Waals surface area contributed by atoms with Crippen LogP contribution >= 0.6 is 0 Å². The maximum atomic E-state index is 14.0. The van der Waals surface area contributed by atoms with Gasteiger partial charge in [0.2, 0.25) is 0 Å². The molecular weight excluding hydrogens is 423 g/mol. The first kappa shape index (κ1) is 22.1. The van der Waals surface area contributed by atoms with Crippen molar-refractivity contribution in [3.05, 3.63) is 94.8 Å². The van der Waals surface area contributed by atoms with Crippen LogP contribution in [0.5, 0.6) is 0 Å². The van der Waals surface area contributed by atoms with Crippen LogP contribution in [0.4, 0.5) is 14.9 Å². The maximum absolute atomic E-state index is 14.0. The molecule has 0 heterocycles. The summed E-state index contributed by atoms with van der Waals surface area (Å²) in [5, 5.41) is 11.8. The molecule has 4 rings (SSSR count). The number of amides is 1. The Labute approximate surface area is 190 Å². The van der Waals surface area contributed by atoms with Gasteiger partial charge in [0.15, 0.2) is 0 Å². The quantitative estimate of drug-likeness (QED) is 0.348. The van der Waals surface area contributed by atoms with E-state index in [1.165, 1.54) is 12.1 Å². The van der Waals surface area contributed by atoms with Crippen molar-refractivity contribution in [3.63, 3.8) is 0 Å². The number of carboxylic acid groups (broad SMARTS) is 1. The van der Waals surface area contributed by atoms with Gasteiger partial charge in [-0.2, -0.15) is 0 Å². The van der Waals surface area contributed by atoms with Crippen molar-refractivity contribution in [2.45, 2.75) is 12.3 Å². The lowest BCUT2D eigenvalue weighted by Gasteiger charge is -2.14. The Hall–Kier alpha value is -4.13. The number of carbonyl (C=O) groups is 2. The second kappa shape index (κ2) is 9.56. The van der Waals surface area contributed by atoms with E-state index in [-0.39, 0.29) is 35.9 Å². The molecule has 3 aromatic rings. The van der Waals surface area contributed by atoms with Crippen molar-refractivity contribution in [1.29, 1.82) is 0 Å². The van der Waals surface area contributed by atoms with Crippen LogP contribution in [0.1, 0.15) is 39.4 Å². The van der Waals surface area contributed by atoms with E-state index in [0.29, 0.717) is 6.42 Å². The number of carbonyl (C=O) groups excluding carboxylic acids is 1. The first-order valence-corrected chi connectivity index (χ1v) is 10.5. The lowest BCUT2D eigenvalue weighted by molar-refractivity contribution is 0.0698. The number of fused-ring (bicyclic) bond motifs is 3. The minimum Gasteiger partial charge on any atom is -0.478 e. The molecule has 1 amide bonds. The zero-order valence-electron chi connectivity index (χ0n) is 17.8. The lowest BCUT2D eigenvalue weighted by atomic mass is 9.98. The van der Waals surface area contributed by atoms with Gasteiger partial charge >= 0.3 is 12.1 Å². The second-order valence-corrected chi connectivity index (χ2v) is 7.71. The van der Waals surface area contributed by atoms with Crippen molar-refractivity contribution in [3.8, 4) is 11.1 Å². The largest absolute Gasteiger partial charge is 0.478 e. The number of halogens is 1.